The van der Waals surface area contributed by atoms with E-state index in [-0.39, 0.29) is 25.7 Å². The van der Waals surface area contributed by atoms with Gasteiger partial charge in [0.15, 0.2) is 12.2 Å². The third-order valence-electron chi connectivity index (χ3n) is 14.5. The SMILES string of the molecule is CCCCCC/C=C\C=C/CCCCCCCC(=O)OC[C@H](COP(=O)(O)OCC(O)COP(=O)(O)OC[C@@H](COC(=O)CCCCCCCCCC(C)C)OC(=O)CCCCCCCCCCC(C)C)OC(=O)CCCCCCCCC(C)C. The average Bonchev–Trinajstić information content (AvgIpc) is 3.54. The van der Waals surface area contributed by atoms with E-state index in [1.807, 2.05) is 0 Å². The molecule has 0 aromatic heterocycles. The third-order valence-corrected chi connectivity index (χ3v) is 16.4. The van der Waals surface area contributed by atoms with Crippen LogP contribution in [0, 0.1) is 17.8 Å². The van der Waals surface area contributed by atoms with Crippen LogP contribution in [0.5, 0.6) is 0 Å². The molecule has 0 aliphatic rings. The van der Waals surface area contributed by atoms with E-state index in [4.69, 9.17) is 37.0 Å². The summed E-state index contributed by atoms with van der Waals surface area (Å²) in [7, 11) is -9.90. The monoisotopic (exact) mass is 1250 g/mol. The van der Waals surface area contributed by atoms with E-state index in [1.54, 1.807) is 0 Å². The lowest BCUT2D eigenvalue weighted by molar-refractivity contribution is -0.161. The van der Waals surface area contributed by atoms with Gasteiger partial charge in [-0.25, -0.2) is 9.13 Å². The van der Waals surface area contributed by atoms with Crippen molar-refractivity contribution >= 4 is 39.5 Å². The first kappa shape index (κ1) is 82.5. The Morgan fingerprint density at radius 2 is 0.635 bits per heavy atom. The first-order valence-electron chi connectivity index (χ1n) is 33.7. The van der Waals surface area contributed by atoms with Crippen LogP contribution >= 0.6 is 15.6 Å². The van der Waals surface area contributed by atoms with Gasteiger partial charge in [0.25, 0.3) is 0 Å². The minimum atomic E-state index is -4.95. The van der Waals surface area contributed by atoms with Crippen molar-refractivity contribution in [2.45, 2.75) is 317 Å². The second-order valence-corrected chi connectivity index (χ2v) is 27.5. The summed E-state index contributed by atoms with van der Waals surface area (Å²) in [6, 6.07) is 0. The molecular formula is C66H124O17P2. The van der Waals surface area contributed by atoms with Gasteiger partial charge < -0.3 is 33.8 Å². The fourth-order valence-electron chi connectivity index (χ4n) is 9.29. The van der Waals surface area contributed by atoms with Crippen molar-refractivity contribution in [1.29, 1.82) is 0 Å². The van der Waals surface area contributed by atoms with Crippen LogP contribution in [0.25, 0.3) is 0 Å². The lowest BCUT2D eigenvalue weighted by Crippen LogP contribution is -2.30. The molecular weight excluding hydrogens is 1130 g/mol. The van der Waals surface area contributed by atoms with Gasteiger partial charge in [-0.1, -0.05) is 246 Å². The van der Waals surface area contributed by atoms with Crippen LogP contribution in [0.4, 0.5) is 0 Å². The number of unbranched alkanes of at least 4 members (excludes halogenated alkanes) is 27. The highest BCUT2D eigenvalue weighted by Crippen LogP contribution is 2.45. The normalized spacial score (nSPS) is 14.5. The molecule has 0 fully saturated rings. The molecule has 3 unspecified atom stereocenters. The van der Waals surface area contributed by atoms with Gasteiger partial charge in [-0.05, 0) is 69.1 Å². The molecule has 0 bridgehead atoms. The molecule has 0 rings (SSSR count). The Bertz CT molecular complexity index is 1770. The van der Waals surface area contributed by atoms with E-state index in [2.05, 4.69) is 72.8 Å². The number of rotatable bonds is 62. The van der Waals surface area contributed by atoms with Crippen LogP contribution in [0.2, 0.25) is 0 Å². The number of hydrogen-bond acceptors (Lipinski definition) is 15. The van der Waals surface area contributed by atoms with Crippen molar-refractivity contribution in [2.75, 3.05) is 39.6 Å². The third kappa shape index (κ3) is 60.2. The fourth-order valence-corrected chi connectivity index (χ4v) is 10.9. The summed E-state index contributed by atoms with van der Waals surface area (Å²) in [6.45, 7) is 11.5. The molecule has 0 radical (unpaired) electrons. The van der Waals surface area contributed by atoms with Crippen molar-refractivity contribution in [3.05, 3.63) is 24.3 Å². The zero-order valence-corrected chi connectivity index (χ0v) is 56.3. The molecule has 0 saturated heterocycles. The number of hydrogen-bond donors (Lipinski definition) is 3. The molecule has 17 nitrogen and oxygen atoms in total. The Balaban J connectivity index is 5.25. The standard InChI is InChI=1S/C66H124O17P2/c1-8-9-10-11-12-13-14-15-16-17-18-19-25-33-40-47-63(68)76-54-62(83-66(71)50-43-36-29-28-32-39-46-59(6)7)56-81-85(74,75)79-52-60(67)51-78-84(72,73)80-55-61(53-77-64(69)48-41-34-27-22-24-31-38-45-58(4)5)82-65(70)49-42-35-26-21-20-23-30-37-44-57(2)3/h13-16,57-62,67H,8-12,17-56H2,1-7H3,(H,72,73)(H,74,75)/b14-13-,16-15-/t60?,61-,62-/m1/s1. The van der Waals surface area contributed by atoms with Crippen LogP contribution < -0.4 is 0 Å². The van der Waals surface area contributed by atoms with Crippen molar-refractivity contribution in [3.63, 3.8) is 0 Å². The molecule has 0 saturated carbocycles. The molecule has 85 heavy (non-hydrogen) atoms. The van der Waals surface area contributed by atoms with Crippen LogP contribution in [-0.4, -0.2) is 96.7 Å². The predicted octanol–water partition coefficient (Wildman–Crippen LogP) is 17.8. The highest BCUT2D eigenvalue weighted by Gasteiger charge is 2.30. The molecule has 0 aliphatic heterocycles. The van der Waals surface area contributed by atoms with Gasteiger partial charge in [0.1, 0.15) is 19.3 Å². The van der Waals surface area contributed by atoms with Crippen LogP contribution in [0.1, 0.15) is 299 Å². The van der Waals surface area contributed by atoms with E-state index in [1.165, 1.54) is 83.5 Å². The zero-order chi connectivity index (χ0) is 63.1. The maximum absolute atomic E-state index is 13.0. The number of carbonyl (C=O) groups excluding carboxylic acids is 4. The summed E-state index contributed by atoms with van der Waals surface area (Å²) in [6.07, 6.45) is 41.5. The van der Waals surface area contributed by atoms with E-state index < -0.39 is 97.5 Å². The van der Waals surface area contributed by atoms with E-state index in [9.17, 15) is 43.2 Å². The second kappa shape index (κ2) is 56.8. The van der Waals surface area contributed by atoms with Gasteiger partial charge in [-0.3, -0.25) is 37.3 Å². The van der Waals surface area contributed by atoms with E-state index in [0.29, 0.717) is 37.5 Å². The summed E-state index contributed by atoms with van der Waals surface area (Å²) >= 11 is 0. The topological polar surface area (TPSA) is 237 Å². The second-order valence-electron chi connectivity index (χ2n) is 24.6. The Morgan fingerprint density at radius 3 is 0.953 bits per heavy atom. The Hall–Kier alpha value is -2.46. The molecule has 0 aliphatic carbocycles. The molecule has 0 heterocycles. The quantitative estimate of drug-likeness (QED) is 0.0169. The van der Waals surface area contributed by atoms with Gasteiger partial charge in [0, 0.05) is 25.7 Å². The molecule has 500 valence electrons. The molecule has 0 aromatic rings. The summed E-state index contributed by atoms with van der Waals surface area (Å²) in [5.74, 6) is -0.0843. The van der Waals surface area contributed by atoms with Crippen LogP contribution in [-0.2, 0) is 65.4 Å². The number of aliphatic hydroxyl groups is 1. The number of esters is 4. The van der Waals surface area contributed by atoms with Gasteiger partial charge in [-0.2, -0.15) is 0 Å². The first-order valence-corrected chi connectivity index (χ1v) is 36.7. The summed E-state index contributed by atoms with van der Waals surface area (Å²) in [5, 5.41) is 10.5. The minimum Gasteiger partial charge on any atom is -0.462 e. The largest absolute Gasteiger partial charge is 0.472 e. The minimum absolute atomic E-state index is 0.0946. The van der Waals surface area contributed by atoms with Gasteiger partial charge in [0.05, 0.1) is 26.4 Å². The number of aliphatic hydroxyl groups excluding tert-OH is 1. The molecule has 0 spiro atoms. The van der Waals surface area contributed by atoms with Crippen LogP contribution in [0.15, 0.2) is 24.3 Å². The Morgan fingerprint density at radius 1 is 0.365 bits per heavy atom. The van der Waals surface area contributed by atoms with E-state index >= 15 is 0 Å². The van der Waals surface area contributed by atoms with Gasteiger partial charge >= 0.3 is 39.5 Å². The smallest absolute Gasteiger partial charge is 0.462 e. The van der Waals surface area contributed by atoms with Gasteiger partial charge in [-0.15, -0.1) is 0 Å². The molecule has 3 N–H and O–H groups in total. The summed E-state index contributed by atoms with van der Waals surface area (Å²) in [5.41, 5.74) is 0. The van der Waals surface area contributed by atoms with Gasteiger partial charge in [0.2, 0.25) is 0 Å². The van der Waals surface area contributed by atoms with Crippen molar-refractivity contribution in [2.24, 2.45) is 17.8 Å². The zero-order valence-electron chi connectivity index (χ0n) is 54.5. The highest BCUT2D eigenvalue weighted by atomic mass is 31.2. The van der Waals surface area contributed by atoms with Crippen molar-refractivity contribution in [1.82, 2.24) is 0 Å². The number of allylic oxidation sites excluding steroid dienone is 4. The summed E-state index contributed by atoms with van der Waals surface area (Å²) < 4.78 is 68.0. The number of phosphoric ester groups is 2. The molecule has 19 heteroatoms. The Kier molecular flexibility index (Phi) is 55.1. The van der Waals surface area contributed by atoms with Crippen molar-refractivity contribution in [3.8, 4) is 0 Å². The Labute approximate surface area is 516 Å². The molecule has 0 aromatic carbocycles. The lowest BCUT2D eigenvalue weighted by atomic mass is 10.0. The number of ether oxygens (including phenoxy) is 4. The first-order chi connectivity index (χ1) is 40.7. The number of phosphoric acid groups is 2. The maximum Gasteiger partial charge on any atom is 0.472 e. The van der Waals surface area contributed by atoms with Crippen LogP contribution in [0.3, 0.4) is 0 Å². The summed E-state index contributed by atoms with van der Waals surface area (Å²) in [4.78, 5) is 72.2. The lowest BCUT2D eigenvalue weighted by Gasteiger charge is -2.21. The average molecular weight is 1250 g/mol. The maximum atomic E-state index is 13.0. The number of carbonyl (C=O) groups is 4. The highest BCUT2D eigenvalue weighted by molar-refractivity contribution is 7.47. The van der Waals surface area contributed by atoms with E-state index in [0.717, 1.165) is 121 Å². The van der Waals surface area contributed by atoms with Crippen molar-refractivity contribution < 1.29 is 80.2 Å². The molecule has 5 atom stereocenters. The predicted molar refractivity (Wildman–Crippen MR) is 340 cm³/mol. The fraction of sp³-hybridized carbons (Fsp3) is 0.879. The molecule has 0 amide bonds.